The summed E-state index contributed by atoms with van der Waals surface area (Å²) in [5.74, 6) is -0.363. The highest BCUT2D eigenvalue weighted by atomic mass is 16.2. The van der Waals surface area contributed by atoms with Gasteiger partial charge >= 0.3 is 5.69 Å². The number of carbonyl (C=O) groups excluding carboxylic acids is 1. The minimum Gasteiger partial charge on any atom is -0.371 e. The van der Waals surface area contributed by atoms with E-state index in [9.17, 15) is 14.4 Å². The van der Waals surface area contributed by atoms with Crippen molar-refractivity contribution >= 4 is 22.8 Å². The zero-order chi connectivity index (χ0) is 22.1. The number of amides is 1. The predicted molar refractivity (Wildman–Crippen MR) is 115 cm³/mol. The van der Waals surface area contributed by atoms with E-state index >= 15 is 0 Å². The fourth-order valence-corrected chi connectivity index (χ4v) is 3.98. The molecule has 2 aromatic heterocycles. The van der Waals surface area contributed by atoms with E-state index in [0.717, 1.165) is 36.2 Å². The molecular weight excluding hydrogens is 398 g/mol. The van der Waals surface area contributed by atoms with Crippen LogP contribution in [0.5, 0.6) is 0 Å². The van der Waals surface area contributed by atoms with Crippen LogP contribution in [-0.2, 0) is 25.4 Å². The number of nitrogens with zero attached hydrogens (tertiary/aromatic N) is 6. The number of nitriles is 1. The molecule has 1 saturated heterocycles. The minimum absolute atomic E-state index is 0.0258. The number of aromatic nitrogens is 4. The second kappa shape index (κ2) is 8.10. The molecule has 0 spiro atoms. The standard InChI is InChI=1S/C21H23N7O3/c1-25-13-23-19-18(25)20(30)28(21(31)26(19)2)12-17(29)24-15-7-9-27(10-8-15)16-5-3-14(11-22)4-6-16/h3-6,13,15H,7-10,12H2,1-2H3,(H,24,29). The third kappa shape index (κ3) is 3.82. The Balaban J connectivity index is 1.41. The molecule has 1 aromatic carbocycles. The number of hydrogen-bond donors (Lipinski definition) is 1. The van der Waals surface area contributed by atoms with Gasteiger partial charge in [0.25, 0.3) is 5.56 Å². The zero-order valence-electron chi connectivity index (χ0n) is 17.4. The SMILES string of the molecule is Cn1cnc2c1c(=O)n(CC(=O)NC1CCN(c3ccc(C#N)cc3)CC1)c(=O)n2C. The number of aryl methyl sites for hydroxylation is 2. The molecule has 4 rings (SSSR count). The highest BCUT2D eigenvalue weighted by molar-refractivity contribution is 5.77. The van der Waals surface area contributed by atoms with Crippen LogP contribution in [0.4, 0.5) is 5.69 Å². The lowest BCUT2D eigenvalue weighted by atomic mass is 10.0. The van der Waals surface area contributed by atoms with Crippen LogP contribution in [-0.4, -0.2) is 43.7 Å². The van der Waals surface area contributed by atoms with Crippen LogP contribution in [0.3, 0.4) is 0 Å². The maximum atomic E-state index is 12.7. The Kier molecular flexibility index (Phi) is 5.33. The largest absolute Gasteiger partial charge is 0.371 e. The van der Waals surface area contributed by atoms with E-state index in [1.54, 1.807) is 23.7 Å². The lowest BCUT2D eigenvalue weighted by Gasteiger charge is -2.34. The minimum atomic E-state index is -0.568. The number of piperidine rings is 1. The second-order valence-corrected chi connectivity index (χ2v) is 7.75. The molecule has 1 aliphatic rings. The Morgan fingerprint density at radius 2 is 1.87 bits per heavy atom. The summed E-state index contributed by atoms with van der Waals surface area (Å²) in [6.45, 7) is 1.20. The number of fused-ring (bicyclic) bond motifs is 1. The summed E-state index contributed by atoms with van der Waals surface area (Å²) >= 11 is 0. The Bertz CT molecular complexity index is 1290. The van der Waals surface area contributed by atoms with Crippen molar-refractivity contribution in [1.82, 2.24) is 24.0 Å². The summed E-state index contributed by atoms with van der Waals surface area (Å²) in [6, 6.07) is 9.52. The lowest BCUT2D eigenvalue weighted by Crippen LogP contribution is -2.48. The molecule has 0 aliphatic carbocycles. The molecule has 0 saturated carbocycles. The lowest BCUT2D eigenvalue weighted by molar-refractivity contribution is -0.122. The quantitative estimate of drug-likeness (QED) is 0.638. The molecule has 160 valence electrons. The molecule has 1 amide bonds. The van der Waals surface area contributed by atoms with Crippen molar-refractivity contribution in [3.63, 3.8) is 0 Å². The van der Waals surface area contributed by atoms with Gasteiger partial charge in [0.2, 0.25) is 5.91 Å². The fourth-order valence-electron chi connectivity index (χ4n) is 3.98. The van der Waals surface area contributed by atoms with Gasteiger partial charge in [-0.05, 0) is 37.1 Å². The molecule has 0 radical (unpaired) electrons. The Hall–Kier alpha value is -3.87. The normalized spacial score (nSPS) is 14.5. The zero-order valence-corrected chi connectivity index (χ0v) is 17.4. The van der Waals surface area contributed by atoms with Gasteiger partial charge in [0.1, 0.15) is 6.54 Å². The molecule has 0 atom stereocenters. The fraction of sp³-hybridized carbons (Fsp3) is 0.381. The van der Waals surface area contributed by atoms with Gasteiger partial charge < -0.3 is 14.8 Å². The Morgan fingerprint density at radius 3 is 2.52 bits per heavy atom. The number of nitrogens with one attached hydrogen (secondary N) is 1. The number of imidazole rings is 1. The molecule has 0 unspecified atom stereocenters. The average Bonchev–Trinajstić information content (AvgIpc) is 3.17. The van der Waals surface area contributed by atoms with E-state index in [2.05, 4.69) is 21.3 Å². The first-order valence-corrected chi connectivity index (χ1v) is 10.0. The molecule has 1 fully saturated rings. The van der Waals surface area contributed by atoms with Crippen LogP contribution in [0.15, 0.2) is 40.2 Å². The highest BCUT2D eigenvalue weighted by Crippen LogP contribution is 2.20. The van der Waals surface area contributed by atoms with Gasteiger partial charge in [-0.1, -0.05) is 0 Å². The topological polar surface area (TPSA) is 118 Å². The summed E-state index contributed by atoms with van der Waals surface area (Å²) in [7, 11) is 3.21. The molecule has 31 heavy (non-hydrogen) atoms. The number of benzene rings is 1. The van der Waals surface area contributed by atoms with Gasteiger partial charge in [-0.3, -0.25) is 14.2 Å². The van der Waals surface area contributed by atoms with Gasteiger partial charge in [0.05, 0.1) is 18.0 Å². The molecule has 1 N–H and O–H groups in total. The van der Waals surface area contributed by atoms with E-state index in [0.29, 0.717) is 11.2 Å². The first kappa shape index (κ1) is 20.4. The van der Waals surface area contributed by atoms with Crippen LogP contribution in [0.1, 0.15) is 18.4 Å². The maximum absolute atomic E-state index is 12.7. The van der Waals surface area contributed by atoms with Gasteiger partial charge in [0.15, 0.2) is 11.2 Å². The predicted octanol–water partition coefficient (Wildman–Crippen LogP) is 0.0906. The highest BCUT2D eigenvalue weighted by Gasteiger charge is 2.22. The second-order valence-electron chi connectivity index (χ2n) is 7.75. The molecule has 10 heteroatoms. The summed E-state index contributed by atoms with van der Waals surface area (Å²) < 4.78 is 3.77. The average molecular weight is 421 g/mol. The first-order valence-electron chi connectivity index (χ1n) is 10.0. The molecule has 3 heterocycles. The van der Waals surface area contributed by atoms with Crippen LogP contribution in [0, 0.1) is 11.3 Å². The van der Waals surface area contributed by atoms with Gasteiger partial charge in [-0.25, -0.2) is 14.3 Å². The summed E-state index contributed by atoms with van der Waals surface area (Å²) in [4.78, 5) is 44.2. The first-order chi connectivity index (χ1) is 14.9. The third-order valence-electron chi connectivity index (χ3n) is 5.72. The van der Waals surface area contributed by atoms with Crippen LogP contribution >= 0.6 is 0 Å². The van der Waals surface area contributed by atoms with Crippen LogP contribution < -0.4 is 21.5 Å². The van der Waals surface area contributed by atoms with Crippen molar-refractivity contribution in [1.29, 1.82) is 5.26 Å². The van der Waals surface area contributed by atoms with Gasteiger partial charge in [0, 0.05) is 38.9 Å². The van der Waals surface area contributed by atoms with Gasteiger partial charge in [-0.15, -0.1) is 0 Å². The maximum Gasteiger partial charge on any atom is 0.332 e. The molecule has 0 bridgehead atoms. The van der Waals surface area contributed by atoms with Crippen LogP contribution in [0.2, 0.25) is 0 Å². The molecule has 10 nitrogen and oxygen atoms in total. The summed E-state index contributed by atoms with van der Waals surface area (Å²) in [5, 5.41) is 11.9. The number of rotatable bonds is 4. The number of carbonyl (C=O) groups is 1. The summed E-state index contributed by atoms with van der Waals surface area (Å²) in [5.41, 5.74) is 1.15. The number of hydrogen-bond acceptors (Lipinski definition) is 6. The van der Waals surface area contributed by atoms with Crippen molar-refractivity contribution in [3.8, 4) is 6.07 Å². The van der Waals surface area contributed by atoms with E-state index < -0.39 is 11.2 Å². The van der Waals surface area contributed by atoms with Gasteiger partial charge in [-0.2, -0.15) is 5.26 Å². The van der Waals surface area contributed by atoms with E-state index in [1.807, 2.05) is 12.1 Å². The van der Waals surface area contributed by atoms with E-state index in [4.69, 9.17) is 5.26 Å². The summed E-state index contributed by atoms with van der Waals surface area (Å²) in [6.07, 6.45) is 2.97. The van der Waals surface area contributed by atoms with Crippen molar-refractivity contribution < 1.29 is 4.79 Å². The molecular formula is C21H23N7O3. The van der Waals surface area contributed by atoms with E-state index in [1.165, 1.54) is 17.9 Å². The third-order valence-corrected chi connectivity index (χ3v) is 5.72. The smallest absolute Gasteiger partial charge is 0.332 e. The van der Waals surface area contributed by atoms with Crippen molar-refractivity contribution in [2.24, 2.45) is 14.1 Å². The molecule has 3 aromatic rings. The molecule has 1 aliphatic heterocycles. The van der Waals surface area contributed by atoms with E-state index in [-0.39, 0.29) is 24.0 Å². The van der Waals surface area contributed by atoms with Crippen molar-refractivity contribution in [2.45, 2.75) is 25.4 Å². The Labute approximate surface area is 177 Å². The Morgan fingerprint density at radius 1 is 1.19 bits per heavy atom. The van der Waals surface area contributed by atoms with Crippen molar-refractivity contribution in [2.75, 3.05) is 18.0 Å². The van der Waals surface area contributed by atoms with Crippen molar-refractivity contribution in [3.05, 3.63) is 57.0 Å². The van der Waals surface area contributed by atoms with Crippen LogP contribution in [0.25, 0.3) is 11.2 Å². The number of anilines is 1. The monoisotopic (exact) mass is 421 g/mol.